The van der Waals surface area contributed by atoms with Crippen molar-refractivity contribution in [3.8, 4) is 5.75 Å². The number of methoxy groups -OCH3 is 1. The van der Waals surface area contributed by atoms with Crippen molar-refractivity contribution in [2.24, 2.45) is 0 Å². The highest BCUT2D eigenvalue weighted by atomic mass is 35.5. The monoisotopic (exact) mass is 507 g/mol. The van der Waals surface area contributed by atoms with Crippen LogP contribution in [0, 0.1) is 0 Å². The van der Waals surface area contributed by atoms with Gasteiger partial charge in [0.2, 0.25) is 5.91 Å². The predicted octanol–water partition coefficient (Wildman–Crippen LogP) is 4.57. The molecule has 0 saturated carbocycles. The molecule has 34 heavy (non-hydrogen) atoms. The molecule has 2 aliphatic rings. The third-order valence-electron chi connectivity index (χ3n) is 5.98. The van der Waals surface area contributed by atoms with E-state index in [1.54, 1.807) is 18.1 Å². The smallest absolute Gasteiger partial charge is 0.351 e. The van der Waals surface area contributed by atoms with E-state index in [9.17, 15) is 14.7 Å². The van der Waals surface area contributed by atoms with Crippen LogP contribution in [0.25, 0.3) is 0 Å². The molecule has 2 aliphatic heterocycles. The number of carboxylic acid groups (broad SMARTS) is 1. The first kappa shape index (κ1) is 26.0. The van der Waals surface area contributed by atoms with E-state index < -0.39 is 5.97 Å². The van der Waals surface area contributed by atoms with E-state index in [0.29, 0.717) is 54.8 Å². The average Bonchev–Trinajstić information content (AvgIpc) is 2.83. The fourth-order valence-corrected chi connectivity index (χ4v) is 4.50. The molecule has 1 aromatic rings. The molecule has 9 heteroatoms. The lowest BCUT2D eigenvalue weighted by Crippen LogP contribution is -2.49. The number of ether oxygens (including phenoxy) is 1. The lowest BCUT2D eigenvalue weighted by atomic mass is 10.0. The number of carbonyl (C=O) groups excluding carboxylic acids is 1. The summed E-state index contributed by atoms with van der Waals surface area (Å²) in [6, 6.07) is 5.51. The van der Waals surface area contributed by atoms with E-state index >= 15 is 0 Å². The lowest BCUT2D eigenvalue weighted by molar-refractivity contribution is -0.133. The number of nitrogens with one attached hydrogen (secondary N) is 1. The Morgan fingerprint density at radius 3 is 2.62 bits per heavy atom. The molecular weight excluding hydrogens is 477 g/mol. The van der Waals surface area contributed by atoms with Crippen molar-refractivity contribution in [3.05, 3.63) is 57.8 Å². The number of carboxylic acids is 1. The first-order chi connectivity index (χ1) is 16.4. The Kier molecular flexibility index (Phi) is 9.72. The van der Waals surface area contributed by atoms with Gasteiger partial charge in [-0.15, -0.1) is 0 Å². The van der Waals surface area contributed by atoms with Gasteiger partial charge >= 0.3 is 5.97 Å². The maximum Gasteiger partial charge on any atom is 0.351 e. The summed E-state index contributed by atoms with van der Waals surface area (Å²) in [6.45, 7) is 2.69. The van der Waals surface area contributed by atoms with Crippen LogP contribution in [0.15, 0.2) is 52.7 Å². The molecule has 2 N–H and O–H groups in total. The van der Waals surface area contributed by atoms with Crippen molar-refractivity contribution in [1.82, 2.24) is 10.2 Å². The molecule has 1 saturated heterocycles. The van der Waals surface area contributed by atoms with Gasteiger partial charge in [-0.2, -0.15) is 0 Å². The lowest BCUT2D eigenvalue weighted by Gasteiger charge is -2.36. The van der Waals surface area contributed by atoms with Gasteiger partial charge in [-0.05, 0) is 43.4 Å². The number of benzene rings is 1. The number of carbonyl (C=O) groups is 2. The molecule has 0 radical (unpaired) electrons. The van der Waals surface area contributed by atoms with E-state index in [1.807, 2.05) is 30.4 Å². The van der Waals surface area contributed by atoms with E-state index in [1.165, 1.54) is 0 Å². The Morgan fingerprint density at radius 1 is 1.15 bits per heavy atom. The van der Waals surface area contributed by atoms with Gasteiger partial charge < -0.3 is 25.0 Å². The number of hydrogen-bond acceptors (Lipinski definition) is 5. The summed E-state index contributed by atoms with van der Waals surface area (Å²) in [5.74, 6) is -0.447. The van der Waals surface area contributed by atoms with Crippen molar-refractivity contribution in [2.75, 3.05) is 44.7 Å². The number of aliphatic carboxylic acids is 1. The summed E-state index contributed by atoms with van der Waals surface area (Å²) in [7, 11) is 1.61. The number of rotatable bonds is 5. The van der Waals surface area contributed by atoms with E-state index in [-0.39, 0.29) is 18.0 Å². The number of piperazine rings is 1. The quantitative estimate of drug-likeness (QED) is 0.568. The molecule has 0 unspecified atom stereocenters. The van der Waals surface area contributed by atoms with Gasteiger partial charge in [-0.3, -0.25) is 4.79 Å². The van der Waals surface area contributed by atoms with Gasteiger partial charge in [0.05, 0.1) is 24.2 Å². The Morgan fingerprint density at radius 2 is 1.91 bits per heavy atom. The topological polar surface area (TPSA) is 82.1 Å². The molecule has 1 aromatic carbocycles. The highest BCUT2D eigenvalue weighted by Crippen LogP contribution is 2.31. The second-order valence-corrected chi connectivity index (χ2v) is 9.14. The highest BCUT2D eigenvalue weighted by Gasteiger charge is 2.25. The van der Waals surface area contributed by atoms with E-state index in [2.05, 4.69) is 10.2 Å². The van der Waals surface area contributed by atoms with Crippen molar-refractivity contribution >= 4 is 40.8 Å². The summed E-state index contributed by atoms with van der Waals surface area (Å²) >= 11 is 12.7. The Labute approximate surface area is 210 Å². The zero-order chi connectivity index (χ0) is 24.5. The second kappa shape index (κ2) is 12.7. The standard InChI is InChI=1S/C25H31Cl2N3O4/c1-34-20-9-10-21(27)22(17-20)29-12-14-30(15-13-29)23(31)16-18-7-8-19(26)6-4-2-3-5-11-28-24(18)25(32)33/h3,5,8-10,17,28H,2,4,6-7,11-16H2,1H3,(H,32,33)/b5-3-,19-8+,24-18+. The molecule has 3 rings (SSSR count). The fourth-order valence-electron chi connectivity index (χ4n) is 4.05. The number of nitrogens with zero attached hydrogens (tertiary/aromatic N) is 2. The third kappa shape index (κ3) is 7.18. The summed E-state index contributed by atoms with van der Waals surface area (Å²) in [5, 5.41) is 14.1. The number of allylic oxidation sites excluding steroid dienone is 3. The first-order valence-corrected chi connectivity index (χ1v) is 12.2. The SMILES string of the molecule is COc1ccc(Cl)c(N2CCN(C(=O)C/C3=C(\C(=O)O)NC/C=C\CCC/C(Cl)=C\C3)CC2)c1. The molecule has 2 heterocycles. The van der Waals surface area contributed by atoms with E-state index in [0.717, 1.165) is 30.7 Å². The van der Waals surface area contributed by atoms with Crippen LogP contribution < -0.4 is 15.0 Å². The molecular formula is C25H31Cl2N3O4. The molecule has 1 fully saturated rings. The molecule has 1 amide bonds. The van der Waals surface area contributed by atoms with Crippen LogP contribution >= 0.6 is 23.2 Å². The number of halogens is 2. The molecule has 0 aliphatic carbocycles. The summed E-state index contributed by atoms with van der Waals surface area (Å²) < 4.78 is 5.30. The largest absolute Gasteiger partial charge is 0.497 e. The Hall–Kier alpha value is -2.64. The maximum absolute atomic E-state index is 13.1. The summed E-state index contributed by atoms with van der Waals surface area (Å²) in [4.78, 5) is 29.0. The minimum atomic E-state index is -1.07. The highest BCUT2D eigenvalue weighted by molar-refractivity contribution is 6.33. The molecule has 0 aromatic heterocycles. The van der Waals surface area contributed by atoms with Crippen LogP contribution in [0.3, 0.4) is 0 Å². The zero-order valence-corrected chi connectivity index (χ0v) is 20.9. The van der Waals surface area contributed by atoms with Crippen molar-refractivity contribution in [3.63, 3.8) is 0 Å². The Balaban J connectivity index is 1.71. The molecule has 184 valence electrons. The van der Waals surface area contributed by atoms with Gasteiger partial charge in [-0.25, -0.2) is 4.79 Å². The van der Waals surface area contributed by atoms with Crippen LogP contribution in [0.1, 0.15) is 32.1 Å². The van der Waals surface area contributed by atoms with Crippen LogP contribution in [-0.4, -0.2) is 61.7 Å². The molecule has 0 atom stereocenters. The minimum absolute atomic E-state index is 0.0267. The number of amides is 1. The van der Waals surface area contributed by atoms with Crippen LogP contribution in [0.2, 0.25) is 5.02 Å². The minimum Gasteiger partial charge on any atom is -0.497 e. The molecule has 0 bridgehead atoms. The van der Waals surface area contributed by atoms with Gasteiger partial charge in [-0.1, -0.05) is 41.4 Å². The van der Waals surface area contributed by atoms with Crippen molar-refractivity contribution in [1.29, 1.82) is 0 Å². The van der Waals surface area contributed by atoms with Crippen molar-refractivity contribution < 1.29 is 19.4 Å². The van der Waals surface area contributed by atoms with Gasteiger partial charge in [0.1, 0.15) is 11.4 Å². The van der Waals surface area contributed by atoms with Crippen LogP contribution in [-0.2, 0) is 9.59 Å². The maximum atomic E-state index is 13.1. The first-order valence-electron chi connectivity index (χ1n) is 11.4. The van der Waals surface area contributed by atoms with Gasteiger partial charge in [0.25, 0.3) is 0 Å². The van der Waals surface area contributed by atoms with E-state index in [4.69, 9.17) is 27.9 Å². The second-order valence-electron chi connectivity index (χ2n) is 8.25. The molecule has 7 nitrogen and oxygen atoms in total. The fraction of sp³-hybridized carbons (Fsp3) is 0.440. The summed E-state index contributed by atoms with van der Waals surface area (Å²) in [5.41, 5.74) is 1.48. The third-order valence-corrected chi connectivity index (χ3v) is 6.64. The number of hydrogen-bond donors (Lipinski definition) is 2. The molecule has 0 spiro atoms. The Bertz CT molecular complexity index is 982. The number of anilines is 1. The van der Waals surface area contributed by atoms with Crippen molar-refractivity contribution in [2.45, 2.75) is 32.1 Å². The van der Waals surface area contributed by atoms with Gasteiger partial charge in [0, 0.05) is 43.8 Å². The normalized spacial score (nSPS) is 22.5. The van der Waals surface area contributed by atoms with Crippen LogP contribution in [0.4, 0.5) is 5.69 Å². The van der Waals surface area contributed by atoms with Gasteiger partial charge in [0.15, 0.2) is 0 Å². The summed E-state index contributed by atoms with van der Waals surface area (Å²) in [6.07, 6.45) is 8.64. The predicted molar refractivity (Wildman–Crippen MR) is 136 cm³/mol. The van der Waals surface area contributed by atoms with Crippen LogP contribution in [0.5, 0.6) is 5.75 Å². The zero-order valence-electron chi connectivity index (χ0n) is 19.4. The average molecular weight is 508 g/mol.